The molecule has 3 N–H and O–H groups in total. The summed E-state index contributed by atoms with van der Waals surface area (Å²) < 4.78 is 24.4. The van der Waals surface area contributed by atoms with Crippen molar-refractivity contribution in [1.29, 1.82) is 0 Å². The zero-order chi connectivity index (χ0) is 33.8. The van der Waals surface area contributed by atoms with Gasteiger partial charge in [-0.2, -0.15) is 4.98 Å². The second-order valence-corrected chi connectivity index (χ2v) is 11.8. The molecular weight excluding hydrogens is 606 g/mol. The molecule has 0 unspecified atom stereocenters. The highest BCUT2D eigenvalue weighted by Gasteiger charge is 2.42. The molecule has 0 bridgehead atoms. The van der Waals surface area contributed by atoms with Crippen LogP contribution in [-0.4, -0.2) is 63.2 Å². The molecule has 2 aromatic heterocycles. The van der Waals surface area contributed by atoms with Crippen LogP contribution < -0.4 is 16.0 Å². The summed E-state index contributed by atoms with van der Waals surface area (Å²) in [5, 5.41) is 0. The molecule has 2 aromatic carbocycles. The third-order valence-electron chi connectivity index (χ3n) is 7.59. The molecule has 1 aliphatic rings. The summed E-state index contributed by atoms with van der Waals surface area (Å²) in [5.74, 6) is -1.05. The Labute approximate surface area is 270 Å². The number of aromatic nitrogens is 4. The molecule has 0 saturated carbocycles. The molecule has 3 atom stereocenters. The van der Waals surface area contributed by atoms with Crippen LogP contribution in [-0.2, 0) is 23.8 Å². The van der Waals surface area contributed by atoms with Crippen molar-refractivity contribution < 1.29 is 33.3 Å². The van der Waals surface area contributed by atoms with Crippen molar-refractivity contribution >= 4 is 40.9 Å². The number of ether oxygens (including phenoxy) is 4. The van der Waals surface area contributed by atoms with E-state index in [9.17, 15) is 19.2 Å². The van der Waals surface area contributed by atoms with Gasteiger partial charge in [-0.05, 0) is 29.8 Å². The molecule has 0 aliphatic carbocycles. The van der Waals surface area contributed by atoms with Crippen LogP contribution in [0.4, 0.5) is 5.95 Å². The number of nitrogens with two attached hydrogens (primary N) is 1. The molecule has 3 heterocycles. The standard InChI is InChI=1S/C34H37N5O8/c1-18(2)32(42)45-17-26-25(47-33(43)19(3)4)16-27(46-26)39-29(36-28-30(39)37-34(35)38-31(28)41)22-8-6-7-21(15-22)24(40)14-11-20-9-12-23(44-5)13-10-20/h6-15,18-19,25-27H,16-17H2,1-5H3,(H3,35,37,38,41)/b14-11+/t25-,26+,27+/m0/s1. The van der Waals surface area contributed by atoms with Crippen LogP contribution in [0.3, 0.4) is 0 Å². The molecule has 0 spiro atoms. The number of carbonyl (C=O) groups excluding carboxylic acids is 3. The van der Waals surface area contributed by atoms with Gasteiger partial charge >= 0.3 is 11.9 Å². The van der Waals surface area contributed by atoms with Crippen LogP contribution in [0.2, 0.25) is 0 Å². The van der Waals surface area contributed by atoms with E-state index in [2.05, 4.69) is 15.0 Å². The number of carbonyl (C=O) groups is 3. The largest absolute Gasteiger partial charge is 0.497 e. The summed E-state index contributed by atoms with van der Waals surface area (Å²) in [6, 6.07) is 14.1. The van der Waals surface area contributed by atoms with Gasteiger partial charge in [0.05, 0.1) is 18.9 Å². The van der Waals surface area contributed by atoms with Gasteiger partial charge in [0.15, 0.2) is 16.9 Å². The summed E-state index contributed by atoms with van der Waals surface area (Å²) in [6.45, 7) is 6.69. The normalized spacial score (nSPS) is 17.9. The molecule has 1 saturated heterocycles. The number of fused-ring (bicyclic) bond motifs is 1. The monoisotopic (exact) mass is 643 g/mol. The maximum atomic E-state index is 13.2. The Morgan fingerprint density at radius 2 is 1.79 bits per heavy atom. The van der Waals surface area contributed by atoms with Crippen LogP contribution in [0.15, 0.2) is 59.4 Å². The van der Waals surface area contributed by atoms with Gasteiger partial charge in [0.2, 0.25) is 5.95 Å². The molecule has 13 heteroatoms. The maximum absolute atomic E-state index is 13.2. The molecule has 1 fully saturated rings. The first kappa shape index (κ1) is 33.1. The lowest BCUT2D eigenvalue weighted by atomic mass is 10.1. The maximum Gasteiger partial charge on any atom is 0.308 e. The molecule has 246 valence electrons. The quantitative estimate of drug-likeness (QED) is 0.135. The first-order valence-corrected chi connectivity index (χ1v) is 15.2. The highest BCUT2D eigenvalue weighted by atomic mass is 16.6. The summed E-state index contributed by atoms with van der Waals surface area (Å²) in [4.78, 5) is 62.5. The molecule has 0 amide bonds. The lowest BCUT2D eigenvalue weighted by Crippen LogP contribution is -2.33. The summed E-state index contributed by atoms with van der Waals surface area (Å²) >= 11 is 0. The number of methoxy groups -OCH3 is 1. The third kappa shape index (κ3) is 7.41. The van der Waals surface area contributed by atoms with E-state index in [4.69, 9.17) is 24.7 Å². The van der Waals surface area contributed by atoms with Gasteiger partial charge in [0.25, 0.3) is 5.56 Å². The minimum absolute atomic E-state index is 0.000609. The average Bonchev–Trinajstić information content (AvgIpc) is 3.63. The van der Waals surface area contributed by atoms with Gasteiger partial charge in [0.1, 0.15) is 36.6 Å². The van der Waals surface area contributed by atoms with Gasteiger partial charge in [0, 0.05) is 17.5 Å². The van der Waals surface area contributed by atoms with E-state index in [-0.39, 0.29) is 47.7 Å². The van der Waals surface area contributed by atoms with Gasteiger partial charge in [-0.1, -0.05) is 64.1 Å². The fourth-order valence-electron chi connectivity index (χ4n) is 5.02. The molecular formula is C34H37N5O8. The lowest BCUT2D eigenvalue weighted by molar-refractivity contribution is -0.162. The SMILES string of the molecule is COc1ccc(/C=C/C(=O)c2cccc(-c3nc4c(=O)[nH]c(N)nc4n3[C@H]3C[C@H](OC(=O)C(C)C)[C@@H](COC(=O)C(C)C)O3)c2)cc1. The van der Waals surface area contributed by atoms with Crippen molar-refractivity contribution in [2.75, 3.05) is 19.5 Å². The van der Waals surface area contributed by atoms with Crippen LogP contribution in [0.5, 0.6) is 5.75 Å². The van der Waals surface area contributed by atoms with Crippen molar-refractivity contribution in [3.8, 4) is 17.1 Å². The van der Waals surface area contributed by atoms with E-state index in [1.807, 2.05) is 12.1 Å². The number of allylic oxidation sites excluding steroid dienone is 1. The smallest absolute Gasteiger partial charge is 0.308 e. The Bertz CT molecular complexity index is 1880. The van der Waals surface area contributed by atoms with E-state index in [0.717, 1.165) is 5.56 Å². The van der Waals surface area contributed by atoms with Crippen LogP contribution in [0, 0.1) is 11.8 Å². The van der Waals surface area contributed by atoms with E-state index < -0.39 is 41.9 Å². The Kier molecular flexibility index (Phi) is 9.85. The Morgan fingerprint density at radius 3 is 2.47 bits per heavy atom. The number of hydrogen-bond donors (Lipinski definition) is 2. The number of ketones is 1. The van der Waals surface area contributed by atoms with E-state index in [0.29, 0.717) is 16.9 Å². The van der Waals surface area contributed by atoms with Crippen LogP contribution in [0.1, 0.15) is 56.3 Å². The predicted molar refractivity (Wildman–Crippen MR) is 173 cm³/mol. The van der Waals surface area contributed by atoms with Crippen molar-refractivity contribution in [2.24, 2.45) is 11.8 Å². The minimum Gasteiger partial charge on any atom is -0.497 e. The first-order valence-electron chi connectivity index (χ1n) is 15.2. The Hall–Kier alpha value is -5.30. The number of nitrogen functional groups attached to an aromatic ring is 1. The van der Waals surface area contributed by atoms with Gasteiger partial charge in [-0.25, -0.2) is 4.98 Å². The number of nitrogens with one attached hydrogen (secondary N) is 1. The highest BCUT2D eigenvalue weighted by Crippen LogP contribution is 2.37. The zero-order valence-corrected chi connectivity index (χ0v) is 26.8. The minimum atomic E-state index is -0.856. The number of aromatic amines is 1. The number of nitrogens with zero attached hydrogens (tertiary/aromatic N) is 3. The number of hydrogen-bond acceptors (Lipinski definition) is 11. The molecule has 0 radical (unpaired) electrons. The first-order chi connectivity index (χ1) is 22.4. The van der Waals surface area contributed by atoms with Gasteiger partial charge in [-0.3, -0.25) is 28.7 Å². The predicted octanol–water partition coefficient (Wildman–Crippen LogP) is 4.33. The molecule has 4 aromatic rings. The lowest BCUT2D eigenvalue weighted by Gasteiger charge is -2.20. The Balaban J connectivity index is 1.52. The van der Waals surface area contributed by atoms with Crippen molar-refractivity contribution in [1.82, 2.24) is 19.5 Å². The number of anilines is 1. The summed E-state index contributed by atoms with van der Waals surface area (Å²) in [5.41, 5.74) is 7.19. The summed E-state index contributed by atoms with van der Waals surface area (Å²) in [6.07, 6.45) is 0.853. The van der Waals surface area contributed by atoms with Crippen molar-refractivity contribution in [3.63, 3.8) is 0 Å². The number of rotatable bonds is 11. The average molecular weight is 644 g/mol. The van der Waals surface area contributed by atoms with Gasteiger partial charge in [-0.15, -0.1) is 0 Å². The fourth-order valence-corrected chi connectivity index (χ4v) is 5.02. The number of esters is 2. The molecule has 47 heavy (non-hydrogen) atoms. The molecule has 13 nitrogen and oxygen atoms in total. The van der Waals surface area contributed by atoms with Gasteiger partial charge < -0.3 is 24.7 Å². The second kappa shape index (κ2) is 14.0. The number of imidazole rings is 1. The van der Waals surface area contributed by atoms with E-state index in [1.165, 1.54) is 6.08 Å². The fraction of sp³-hybridized carbons (Fsp3) is 0.353. The molecule has 5 rings (SSSR count). The second-order valence-electron chi connectivity index (χ2n) is 11.8. The van der Waals surface area contributed by atoms with Crippen molar-refractivity contribution in [3.05, 3.63) is 76.1 Å². The van der Waals surface area contributed by atoms with Crippen LogP contribution >= 0.6 is 0 Å². The number of benzene rings is 2. The number of H-pyrrole nitrogens is 1. The van der Waals surface area contributed by atoms with E-state index >= 15 is 0 Å². The third-order valence-corrected chi connectivity index (χ3v) is 7.59. The van der Waals surface area contributed by atoms with E-state index in [1.54, 1.807) is 81.8 Å². The van der Waals surface area contributed by atoms with Crippen molar-refractivity contribution in [2.45, 2.75) is 52.6 Å². The zero-order valence-electron chi connectivity index (χ0n) is 26.8. The topological polar surface area (TPSA) is 178 Å². The Morgan fingerprint density at radius 1 is 1.06 bits per heavy atom. The highest BCUT2D eigenvalue weighted by molar-refractivity contribution is 6.07. The van der Waals surface area contributed by atoms with Crippen LogP contribution in [0.25, 0.3) is 28.6 Å². The molecule has 1 aliphatic heterocycles. The summed E-state index contributed by atoms with van der Waals surface area (Å²) in [7, 11) is 1.58.